The highest BCUT2D eigenvalue weighted by atomic mass is 32.1. The summed E-state index contributed by atoms with van der Waals surface area (Å²) in [6.45, 7) is 4.73. The number of nitrogens with zero attached hydrogens (tertiary/aromatic N) is 6. The molecule has 4 heterocycles. The first-order valence-corrected chi connectivity index (χ1v) is 10.9. The van der Waals surface area contributed by atoms with Crippen molar-refractivity contribution in [1.82, 2.24) is 34.4 Å². The van der Waals surface area contributed by atoms with E-state index in [1.807, 2.05) is 36.1 Å². The smallest absolute Gasteiger partial charge is 0.242 e. The van der Waals surface area contributed by atoms with Crippen molar-refractivity contribution in [3.63, 3.8) is 0 Å². The second-order valence-electron chi connectivity index (χ2n) is 8.19. The van der Waals surface area contributed by atoms with Crippen LogP contribution in [-0.2, 0) is 24.3 Å². The van der Waals surface area contributed by atoms with Crippen LogP contribution in [-0.4, -0.2) is 53.4 Å². The molecule has 1 fully saturated rings. The summed E-state index contributed by atoms with van der Waals surface area (Å²) in [6.07, 6.45) is 4.03. The van der Waals surface area contributed by atoms with E-state index in [0.717, 1.165) is 62.5 Å². The number of aryl methyl sites for hydroxylation is 2. The number of hydrogen-bond donors (Lipinski definition) is 1. The maximum absolute atomic E-state index is 13.0. The molecule has 0 aliphatic carbocycles. The first-order valence-electron chi connectivity index (χ1n) is 10.5. The molecule has 156 valence electrons. The Hall–Kier alpha value is -2.81. The van der Waals surface area contributed by atoms with Crippen molar-refractivity contribution in [1.29, 1.82) is 0 Å². The predicted molar refractivity (Wildman–Crippen MR) is 114 cm³/mol. The van der Waals surface area contributed by atoms with E-state index < -0.39 is 0 Å². The Morgan fingerprint density at radius 2 is 1.93 bits per heavy atom. The van der Waals surface area contributed by atoms with E-state index in [-0.39, 0.29) is 12.5 Å². The van der Waals surface area contributed by atoms with Gasteiger partial charge < -0.3 is 9.47 Å². The number of likely N-dealkylation sites (tertiary alicyclic amines) is 1. The SMILES string of the molecule is Cc1ccc(-c2n[nH]c(=S)n2CC(=O)N2CCC(c3nnc4n3CCC4)CC2)cc1. The summed E-state index contributed by atoms with van der Waals surface area (Å²) in [5.74, 6) is 3.37. The standard InChI is InChI=1S/C21H25N7OS/c1-14-4-6-15(7-5-14)20-24-25-21(30)28(20)13-18(29)26-11-8-16(9-12-26)19-23-22-17-3-2-10-27(17)19/h4-7,16H,2-3,8-13H2,1H3,(H,25,30). The van der Waals surface area contributed by atoms with Crippen molar-refractivity contribution in [2.75, 3.05) is 13.1 Å². The summed E-state index contributed by atoms with van der Waals surface area (Å²) in [4.78, 5) is 15.0. The summed E-state index contributed by atoms with van der Waals surface area (Å²) < 4.78 is 4.54. The molecule has 1 aromatic carbocycles. The number of rotatable bonds is 4. The minimum absolute atomic E-state index is 0.0748. The zero-order valence-electron chi connectivity index (χ0n) is 17.0. The number of fused-ring (bicyclic) bond motifs is 1. The zero-order chi connectivity index (χ0) is 20.7. The number of carbonyl (C=O) groups excluding carboxylic acids is 1. The van der Waals surface area contributed by atoms with E-state index in [2.05, 4.69) is 25.0 Å². The van der Waals surface area contributed by atoms with E-state index in [9.17, 15) is 4.79 Å². The summed E-state index contributed by atoms with van der Waals surface area (Å²) >= 11 is 5.39. The van der Waals surface area contributed by atoms with Gasteiger partial charge in [0.25, 0.3) is 0 Å². The van der Waals surface area contributed by atoms with Gasteiger partial charge in [-0.2, -0.15) is 5.10 Å². The number of amides is 1. The first kappa shape index (κ1) is 19.2. The van der Waals surface area contributed by atoms with Gasteiger partial charge in [-0.05, 0) is 38.4 Å². The van der Waals surface area contributed by atoms with E-state index in [0.29, 0.717) is 16.5 Å². The highest BCUT2D eigenvalue weighted by Gasteiger charge is 2.29. The molecule has 2 aromatic heterocycles. The second-order valence-corrected chi connectivity index (χ2v) is 8.58. The maximum Gasteiger partial charge on any atom is 0.242 e. The van der Waals surface area contributed by atoms with Gasteiger partial charge in [-0.1, -0.05) is 29.8 Å². The Morgan fingerprint density at radius 1 is 1.17 bits per heavy atom. The fourth-order valence-electron chi connectivity index (χ4n) is 4.48. The fourth-order valence-corrected chi connectivity index (χ4v) is 4.68. The second kappa shape index (κ2) is 7.79. The van der Waals surface area contributed by atoms with Gasteiger partial charge in [-0.15, -0.1) is 10.2 Å². The van der Waals surface area contributed by atoms with Crippen LogP contribution < -0.4 is 0 Å². The monoisotopic (exact) mass is 423 g/mol. The van der Waals surface area contributed by atoms with Crippen molar-refractivity contribution in [2.45, 2.75) is 51.6 Å². The van der Waals surface area contributed by atoms with Gasteiger partial charge in [-0.3, -0.25) is 14.5 Å². The van der Waals surface area contributed by atoms with E-state index in [1.165, 1.54) is 5.56 Å². The summed E-state index contributed by atoms with van der Waals surface area (Å²) in [6, 6.07) is 8.07. The highest BCUT2D eigenvalue weighted by molar-refractivity contribution is 7.71. The number of nitrogens with one attached hydrogen (secondary N) is 1. The summed E-state index contributed by atoms with van der Waals surface area (Å²) in [5.41, 5.74) is 2.12. The maximum atomic E-state index is 13.0. The van der Waals surface area contributed by atoms with Crippen LogP contribution >= 0.6 is 12.2 Å². The third-order valence-electron chi connectivity index (χ3n) is 6.21. The highest BCUT2D eigenvalue weighted by Crippen LogP contribution is 2.29. The molecule has 0 spiro atoms. The number of aromatic amines is 1. The molecule has 30 heavy (non-hydrogen) atoms. The molecule has 0 atom stereocenters. The number of benzene rings is 1. The van der Waals surface area contributed by atoms with Gasteiger partial charge in [0.05, 0.1) is 0 Å². The first-order chi connectivity index (χ1) is 14.6. The van der Waals surface area contributed by atoms with Crippen LogP contribution in [0.1, 0.15) is 42.4 Å². The topological polar surface area (TPSA) is 84.6 Å². The Labute approximate surface area is 179 Å². The van der Waals surface area contributed by atoms with Crippen molar-refractivity contribution >= 4 is 18.1 Å². The minimum Gasteiger partial charge on any atom is -0.341 e. The van der Waals surface area contributed by atoms with E-state index in [4.69, 9.17) is 12.2 Å². The Bertz CT molecular complexity index is 1120. The summed E-state index contributed by atoms with van der Waals surface area (Å²) in [5, 5.41) is 16.0. The number of hydrogen-bond acceptors (Lipinski definition) is 5. The molecule has 1 saturated heterocycles. The molecular formula is C21H25N7OS. The number of H-pyrrole nitrogens is 1. The minimum atomic E-state index is 0.0748. The van der Waals surface area contributed by atoms with E-state index >= 15 is 0 Å². The molecule has 0 bridgehead atoms. The van der Waals surface area contributed by atoms with Crippen molar-refractivity contribution in [3.05, 3.63) is 46.2 Å². The molecule has 3 aromatic rings. The van der Waals surface area contributed by atoms with Gasteiger partial charge >= 0.3 is 0 Å². The molecule has 2 aliphatic rings. The summed E-state index contributed by atoms with van der Waals surface area (Å²) in [7, 11) is 0. The van der Waals surface area contributed by atoms with Gasteiger partial charge in [0.1, 0.15) is 18.2 Å². The van der Waals surface area contributed by atoms with Gasteiger partial charge in [0, 0.05) is 37.5 Å². The lowest BCUT2D eigenvalue weighted by Gasteiger charge is -2.31. The van der Waals surface area contributed by atoms with Crippen LogP contribution in [0.25, 0.3) is 11.4 Å². The zero-order valence-corrected chi connectivity index (χ0v) is 17.9. The molecule has 9 heteroatoms. The third kappa shape index (κ3) is 3.47. The molecule has 0 unspecified atom stereocenters. The lowest BCUT2D eigenvalue weighted by Crippen LogP contribution is -2.40. The molecule has 8 nitrogen and oxygen atoms in total. The third-order valence-corrected chi connectivity index (χ3v) is 6.52. The number of piperidine rings is 1. The van der Waals surface area contributed by atoms with Crippen LogP contribution in [0.5, 0.6) is 0 Å². The molecule has 0 saturated carbocycles. The predicted octanol–water partition coefficient (Wildman–Crippen LogP) is 2.86. The molecule has 1 N–H and O–H groups in total. The lowest BCUT2D eigenvalue weighted by atomic mass is 9.96. The molecule has 2 aliphatic heterocycles. The van der Waals surface area contributed by atoms with Gasteiger partial charge in [-0.25, -0.2) is 0 Å². The Kier molecular flexibility index (Phi) is 4.98. The van der Waals surface area contributed by atoms with E-state index in [1.54, 1.807) is 4.57 Å². The number of aromatic nitrogens is 6. The Balaban J connectivity index is 1.26. The van der Waals surface area contributed by atoms with Crippen LogP contribution in [0.15, 0.2) is 24.3 Å². The van der Waals surface area contributed by atoms with Crippen LogP contribution in [0.4, 0.5) is 0 Å². The molecule has 0 radical (unpaired) electrons. The number of carbonyl (C=O) groups is 1. The average molecular weight is 424 g/mol. The van der Waals surface area contributed by atoms with Crippen LogP contribution in [0.2, 0.25) is 0 Å². The Morgan fingerprint density at radius 3 is 2.70 bits per heavy atom. The van der Waals surface area contributed by atoms with Crippen molar-refractivity contribution in [2.24, 2.45) is 0 Å². The molecule has 1 amide bonds. The normalized spacial score (nSPS) is 16.8. The fraction of sp³-hybridized carbons (Fsp3) is 0.476. The molecule has 5 rings (SSSR count). The average Bonchev–Trinajstić information content (AvgIpc) is 3.46. The van der Waals surface area contributed by atoms with Crippen LogP contribution in [0, 0.1) is 11.7 Å². The van der Waals surface area contributed by atoms with Crippen LogP contribution in [0.3, 0.4) is 0 Å². The lowest BCUT2D eigenvalue weighted by molar-refractivity contribution is -0.132. The van der Waals surface area contributed by atoms with Gasteiger partial charge in [0.2, 0.25) is 5.91 Å². The van der Waals surface area contributed by atoms with Crippen molar-refractivity contribution in [3.8, 4) is 11.4 Å². The van der Waals surface area contributed by atoms with Crippen molar-refractivity contribution < 1.29 is 4.79 Å². The van der Waals surface area contributed by atoms with Gasteiger partial charge in [0.15, 0.2) is 10.6 Å². The molecular weight excluding hydrogens is 398 g/mol. The quantitative estimate of drug-likeness (QED) is 0.653. The largest absolute Gasteiger partial charge is 0.341 e.